The Hall–Kier alpha value is -2.48. The third-order valence-corrected chi connectivity index (χ3v) is 15.1. The van der Waals surface area contributed by atoms with Crippen molar-refractivity contribution in [2.45, 2.75) is 224 Å². The van der Waals surface area contributed by atoms with Gasteiger partial charge >= 0.3 is 18.3 Å². The van der Waals surface area contributed by atoms with Gasteiger partial charge < -0.3 is 29.6 Å². The zero-order valence-electron chi connectivity index (χ0n) is 52.5. The minimum absolute atomic E-state index is 0.179. The monoisotopic (exact) mass is 1260 g/mol. The lowest BCUT2D eigenvalue weighted by Gasteiger charge is -2.34. The van der Waals surface area contributed by atoms with Gasteiger partial charge in [0.2, 0.25) is 0 Å². The van der Waals surface area contributed by atoms with Crippen LogP contribution in [0.25, 0.3) is 0 Å². The van der Waals surface area contributed by atoms with Gasteiger partial charge in [-0.2, -0.15) is 0 Å². The molecule has 25 nitrogen and oxygen atoms in total. The van der Waals surface area contributed by atoms with Crippen molar-refractivity contribution in [2.24, 2.45) is 17.8 Å². The zero-order valence-corrected chi connectivity index (χ0v) is 53.3. The lowest BCUT2D eigenvalue weighted by Crippen LogP contribution is -2.39. The average Bonchev–Trinajstić information content (AvgIpc) is 3.65. The minimum atomic E-state index is -0.339. The van der Waals surface area contributed by atoms with E-state index < -0.39 is 0 Å². The highest BCUT2D eigenvalue weighted by atomic mass is 32.2. The number of carbonyl (C=O) groups excluding carboxylic acids is 3. The molecule has 3 rings (SSSR count). The number of hydrogen-bond donors (Lipinski definition) is 3. The molecule has 0 saturated heterocycles. The molecule has 86 heavy (non-hydrogen) atoms. The number of hydrogen-bond acceptors (Lipinski definition) is 23. The maximum atomic E-state index is 12.3. The molecule has 0 radical (unpaired) electrons. The Morgan fingerprint density at radius 1 is 0.291 bits per heavy atom. The molecule has 3 aliphatic rings. The number of amides is 3. The molecule has 0 aromatic rings. The van der Waals surface area contributed by atoms with Crippen LogP contribution in [0.15, 0.2) is 0 Å². The topological polar surface area (TPSA) is 263 Å². The molecule has 3 amide bonds. The van der Waals surface area contributed by atoms with Crippen LogP contribution in [0.2, 0.25) is 0 Å². The molecule has 0 unspecified atom stereocenters. The second-order valence-corrected chi connectivity index (χ2v) is 22.9. The SMILES string of the molecule is CSOC(=O)NC1CCC(CC2CCC(NC(=O)OCCCCOOCCCCOOCCCCOOCCCCOOCCCCOOCCCCOOCCCCOOCCCCOOCCCCOC(=O)NC3CCC(C)CC3)CC2)CC1. The van der Waals surface area contributed by atoms with Crippen molar-refractivity contribution in [3.8, 4) is 0 Å². The number of carbonyl (C=O) groups is 3. The van der Waals surface area contributed by atoms with Crippen LogP contribution in [0, 0.1) is 17.8 Å². The Morgan fingerprint density at radius 3 is 0.709 bits per heavy atom. The van der Waals surface area contributed by atoms with Gasteiger partial charge in [-0.05, 0) is 217 Å². The van der Waals surface area contributed by atoms with Crippen molar-refractivity contribution in [3.05, 3.63) is 0 Å². The fourth-order valence-electron chi connectivity index (χ4n) is 9.70. The number of rotatable bonds is 59. The highest BCUT2D eigenvalue weighted by molar-refractivity contribution is 7.94. The van der Waals surface area contributed by atoms with Crippen molar-refractivity contribution in [1.82, 2.24) is 16.0 Å². The Labute approximate surface area is 517 Å². The highest BCUT2D eigenvalue weighted by Gasteiger charge is 2.29. The van der Waals surface area contributed by atoms with Crippen LogP contribution in [0.3, 0.4) is 0 Å². The van der Waals surface area contributed by atoms with Crippen LogP contribution in [-0.4, -0.2) is 162 Å². The van der Waals surface area contributed by atoms with Gasteiger partial charge in [0.1, 0.15) is 0 Å². The molecule has 0 atom stereocenters. The zero-order chi connectivity index (χ0) is 61.1. The lowest BCUT2D eigenvalue weighted by molar-refractivity contribution is -0.311. The maximum absolute atomic E-state index is 12.3. The first-order valence-electron chi connectivity index (χ1n) is 32.7. The van der Waals surface area contributed by atoms with E-state index in [1.807, 2.05) is 0 Å². The molecular weight excluding hydrogens is 1150 g/mol. The summed E-state index contributed by atoms with van der Waals surface area (Å²) in [6, 6.07) is 0.644. The number of unbranched alkanes of at least 4 members (excludes halogenated alkanes) is 9. The van der Waals surface area contributed by atoms with E-state index in [0.717, 1.165) is 204 Å². The van der Waals surface area contributed by atoms with E-state index in [-0.39, 0.29) is 36.4 Å². The summed E-state index contributed by atoms with van der Waals surface area (Å²) in [5.41, 5.74) is 0. The first kappa shape index (κ1) is 77.8. The van der Waals surface area contributed by atoms with Crippen molar-refractivity contribution >= 4 is 30.3 Å². The van der Waals surface area contributed by atoms with Gasteiger partial charge in [0.15, 0.2) is 0 Å². The van der Waals surface area contributed by atoms with Crippen molar-refractivity contribution < 1.29 is 106 Å². The van der Waals surface area contributed by atoms with E-state index in [1.165, 1.54) is 6.42 Å². The summed E-state index contributed by atoms with van der Waals surface area (Å²) >= 11 is 1.07. The summed E-state index contributed by atoms with van der Waals surface area (Å²) in [5, 5.41) is 8.97. The molecule has 0 aliphatic heterocycles. The third-order valence-electron chi connectivity index (χ3n) is 14.8. The Bertz CT molecular complexity index is 1520. The summed E-state index contributed by atoms with van der Waals surface area (Å²) in [7, 11) is 0. The normalized spacial score (nSPS) is 19.7. The Kier molecular flexibility index (Phi) is 53.2. The molecule has 26 heteroatoms. The first-order valence-corrected chi connectivity index (χ1v) is 33.9. The molecule has 0 aromatic carbocycles. The van der Waals surface area contributed by atoms with Crippen molar-refractivity contribution in [2.75, 3.05) is 125 Å². The van der Waals surface area contributed by atoms with Gasteiger partial charge in [-0.1, -0.05) is 6.92 Å². The minimum Gasteiger partial charge on any atom is -0.450 e. The molecule has 3 fully saturated rings. The molecule has 3 aliphatic carbocycles. The van der Waals surface area contributed by atoms with E-state index in [9.17, 15) is 14.4 Å². The van der Waals surface area contributed by atoms with Crippen molar-refractivity contribution in [1.29, 1.82) is 0 Å². The van der Waals surface area contributed by atoms with Crippen molar-refractivity contribution in [3.63, 3.8) is 0 Å². The molecule has 3 saturated carbocycles. The Morgan fingerprint density at radius 2 is 0.488 bits per heavy atom. The molecular formula is C60H113N3O22S. The lowest BCUT2D eigenvalue weighted by atomic mass is 9.76. The summed E-state index contributed by atoms with van der Waals surface area (Å²) < 4.78 is 15.6. The summed E-state index contributed by atoms with van der Waals surface area (Å²) in [6.45, 7) is 10.6. The third kappa shape index (κ3) is 49.3. The van der Waals surface area contributed by atoms with E-state index in [0.29, 0.717) is 137 Å². The molecule has 0 bridgehead atoms. The predicted octanol–water partition coefficient (Wildman–Crippen LogP) is 12.1. The van der Waals surface area contributed by atoms with Gasteiger partial charge in [-0.25, -0.2) is 92.6 Å². The standard InChI is InChI=1S/C60H113N3O22S/c1-52-21-27-55(28-22-52)61-58(64)67-33-3-5-35-69-71-37-7-9-39-73-75-41-11-13-43-77-79-45-15-17-47-81-83-49-19-20-50-84-82-48-18-16-46-80-78-44-14-12-42-76-74-40-10-8-38-72-70-36-6-4-34-68-59(65)62-56-29-23-53(24-30-56)51-54-25-31-57(32-26-54)63-60(66)85-86-2/h52-57H,3-51H2,1-2H3,(H,61,64)(H,62,65)(H,63,66). The summed E-state index contributed by atoms with van der Waals surface area (Å²) in [4.78, 5) is 119. The molecule has 0 heterocycles. The number of alkyl carbamates (subject to hydrolysis) is 2. The number of ether oxygens (including phenoxy) is 2. The fraction of sp³-hybridized carbons (Fsp3) is 0.950. The van der Waals surface area contributed by atoms with Gasteiger partial charge in [-0.15, -0.1) is 0 Å². The van der Waals surface area contributed by atoms with Crippen LogP contribution < -0.4 is 16.0 Å². The van der Waals surface area contributed by atoms with Gasteiger partial charge in [0, 0.05) is 24.4 Å². The quantitative estimate of drug-likeness (QED) is 0.0221. The van der Waals surface area contributed by atoms with Crippen LogP contribution in [0.1, 0.15) is 206 Å². The van der Waals surface area contributed by atoms with E-state index in [1.54, 1.807) is 6.26 Å². The molecule has 0 aromatic heterocycles. The van der Waals surface area contributed by atoms with Gasteiger partial charge in [0.25, 0.3) is 0 Å². The van der Waals surface area contributed by atoms with E-state index in [4.69, 9.17) is 91.9 Å². The fourth-order valence-corrected chi connectivity index (χ4v) is 9.90. The van der Waals surface area contributed by atoms with E-state index >= 15 is 0 Å². The van der Waals surface area contributed by atoms with Crippen LogP contribution in [0.4, 0.5) is 14.4 Å². The summed E-state index contributed by atoms with van der Waals surface area (Å²) in [5.74, 6) is 2.17. The highest BCUT2D eigenvalue weighted by Crippen LogP contribution is 2.35. The van der Waals surface area contributed by atoms with E-state index in [2.05, 4.69) is 22.9 Å². The molecule has 0 spiro atoms. The second kappa shape index (κ2) is 58.9. The number of nitrogens with one attached hydrogen (secondary N) is 3. The largest absolute Gasteiger partial charge is 0.450 e. The van der Waals surface area contributed by atoms with Crippen LogP contribution in [0.5, 0.6) is 0 Å². The maximum Gasteiger partial charge on any atom is 0.419 e. The van der Waals surface area contributed by atoms with Crippen LogP contribution >= 0.6 is 12.0 Å². The van der Waals surface area contributed by atoms with Crippen LogP contribution in [-0.2, 0) is 91.9 Å². The summed E-state index contributed by atoms with van der Waals surface area (Å²) in [6.07, 6.45) is 28.9. The van der Waals surface area contributed by atoms with Gasteiger partial charge in [-0.3, -0.25) is 0 Å². The molecule has 3 N–H and O–H groups in total. The molecule has 506 valence electrons. The van der Waals surface area contributed by atoms with Gasteiger partial charge in [0.05, 0.1) is 131 Å². The predicted molar refractivity (Wildman–Crippen MR) is 318 cm³/mol. The Balaban J connectivity index is 0.868. The smallest absolute Gasteiger partial charge is 0.419 e. The first-order chi connectivity index (χ1) is 42.4. The average molecular weight is 1260 g/mol. The second-order valence-electron chi connectivity index (χ2n) is 22.4.